The number of aryl methyl sites for hydroxylation is 1. The number of carbonyl (C=O) groups is 1. The average molecular weight is 398 g/mol. The molecule has 8 heteroatoms. The van der Waals surface area contributed by atoms with Crippen LogP contribution in [0.1, 0.15) is 15.4 Å². The Kier molecular flexibility index (Phi) is 4.25. The summed E-state index contributed by atoms with van der Waals surface area (Å²) in [7, 11) is 0. The minimum absolute atomic E-state index is 0.0686. The van der Waals surface area contributed by atoms with Gasteiger partial charge < -0.3 is 5.32 Å². The normalized spacial score (nSPS) is 11.0. The summed E-state index contributed by atoms with van der Waals surface area (Å²) in [6.45, 7) is 1.88. The molecule has 0 atom stereocenters. The van der Waals surface area contributed by atoms with Crippen LogP contribution in [0.25, 0.3) is 21.0 Å². The Morgan fingerprint density at radius 3 is 2.74 bits per heavy atom. The van der Waals surface area contributed by atoms with Gasteiger partial charge in [0.2, 0.25) is 0 Å². The molecule has 1 amide bonds. The van der Waals surface area contributed by atoms with Crippen LogP contribution in [-0.2, 0) is 0 Å². The summed E-state index contributed by atoms with van der Waals surface area (Å²) >= 11 is 7.36. The van der Waals surface area contributed by atoms with Crippen LogP contribution in [0.3, 0.4) is 0 Å². The highest BCUT2D eigenvalue weighted by Gasteiger charge is 2.23. The van der Waals surface area contributed by atoms with E-state index < -0.39 is 10.8 Å². The summed E-state index contributed by atoms with van der Waals surface area (Å²) in [4.78, 5) is 28.3. The number of rotatable bonds is 3. The van der Waals surface area contributed by atoms with E-state index in [0.717, 1.165) is 22.4 Å². The van der Waals surface area contributed by atoms with E-state index in [9.17, 15) is 14.9 Å². The lowest BCUT2D eigenvalue weighted by Gasteiger charge is -2.08. The zero-order chi connectivity index (χ0) is 19.1. The van der Waals surface area contributed by atoms with E-state index in [0.29, 0.717) is 21.3 Å². The van der Waals surface area contributed by atoms with Gasteiger partial charge in [-0.3, -0.25) is 19.9 Å². The Balaban J connectivity index is 1.78. The fourth-order valence-electron chi connectivity index (χ4n) is 2.89. The maximum Gasteiger partial charge on any atom is 0.287 e. The molecule has 4 aromatic rings. The van der Waals surface area contributed by atoms with Crippen molar-refractivity contribution in [2.45, 2.75) is 6.92 Å². The molecule has 0 saturated heterocycles. The number of benzene rings is 2. The number of nitrogens with one attached hydrogen (secondary N) is 1. The Labute approximate surface area is 162 Å². The molecular formula is C19H12ClN3O3S. The second-order valence-corrected chi connectivity index (χ2v) is 7.34. The number of pyridine rings is 1. The topological polar surface area (TPSA) is 85.1 Å². The average Bonchev–Trinajstić information content (AvgIpc) is 2.99. The maximum atomic E-state index is 12.8. The number of hydrogen-bond acceptors (Lipinski definition) is 5. The number of aromatic nitrogens is 1. The summed E-state index contributed by atoms with van der Waals surface area (Å²) in [6.07, 6.45) is 0. The molecule has 0 aliphatic heterocycles. The van der Waals surface area contributed by atoms with Gasteiger partial charge in [-0.15, -0.1) is 11.3 Å². The zero-order valence-corrected chi connectivity index (χ0v) is 15.6. The van der Waals surface area contributed by atoms with Crippen LogP contribution >= 0.6 is 22.9 Å². The number of nitro groups is 1. The lowest BCUT2D eigenvalue weighted by Crippen LogP contribution is -2.11. The molecule has 0 unspecified atom stereocenters. The standard InChI is InChI=1S/C19H12ClN3O3S/c1-10-8-9-11-4-2-6-13(16(11)21-10)22-19(24)18-15(20)12-5-3-7-14(23(25)26)17(12)27-18/h2-9H,1H3,(H,22,24). The van der Waals surface area contributed by atoms with Gasteiger partial charge in [-0.1, -0.05) is 41.9 Å². The van der Waals surface area contributed by atoms with Gasteiger partial charge in [-0.2, -0.15) is 0 Å². The van der Waals surface area contributed by atoms with Crippen LogP contribution in [0.5, 0.6) is 0 Å². The van der Waals surface area contributed by atoms with E-state index in [2.05, 4.69) is 10.3 Å². The fourth-order valence-corrected chi connectivity index (χ4v) is 4.38. The van der Waals surface area contributed by atoms with E-state index in [1.807, 2.05) is 31.2 Å². The number of para-hydroxylation sites is 1. The molecule has 2 aromatic carbocycles. The first-order valence-electron chi connectivity index (χ1n) is 7.99. The predicted molar refractivity (Wildman–Crippen MR) is 108 cm³/mol. The highest BCUT2D eigenvalue weighted by Crippen LogP contribution is 2.40. The van der Waals surface area contributed by atoms with Gasteiger partial charge in [0.1, 0.15) is 9.58 Å². The molecule has 27 heavy (non-hydrogen) atoms. The van der Waals surface area contributed by atoms with Crippen molar-refractivity contribution >= 4 is 61.2 Å². The van der Waals surface area contributed by atoms with Crippen molar-refractivity contribution in [2.24, 2.45) is 0 Å². The number of hydrogen-bond donors (Lipinski definition) is 1. The van der Waals surface area contributed by atoms with Gasteiger partial charge >= 0.3 is 0 Å². The van der Waals surface area contributed by atoms with Gasteiger partial charge in [0.25, 0.3) is 11.6 Å². The summed E-state index contributed by atoms with van der Waals surface area (Å²) in [5.41, 5.74) is 2.00. The van der Waals surface area contributed by atoms with Gasteiger partial charge in [0.15, 0.2) is 0 Å². The van der Waals surface area contributed by atoms with Crippen molar-refractivity contribution in [3.8, 4) is 0 Å². The van der Waals surface area contributed by atoms with Crippen LogP contribution in [0, 0.1) is 17.0 Å². The molecule has 0 fully saturated rings. The fraction of sp³-hybridized carbons (Fsp3) is 0.0526. The molecule has 6 nitrogen and oxygen atoms in total. The second-order valence-electron chi connectivity index (χ2n) is 5.94. The summed E-state index contributed by atoms with van der Waals surface area (Å²) in [6, 6.07) is 13.9. The van der Waals surface area contributed by atoms with Gasteiger partial charge in [-0.25, -0.2) is 0 Å². The smallest absolute Gasteiger partial charge is 0.287 e. The minimum atomic E-state index is -0.478. The van der Waals surface area contributed by atoms with Gasteiger partial charge in [0.05, 0.1) is 21.2 Å². The van der Waals surface area contributed by atoms with Crippen molar-refractivity contribution in [3.63, 3.8) is 0 Å². The van der Waals surface area contributed by atoms with E-state index in [1.165, 1.54) is 6.07 Å². The van der Waals surface area contributed by atoms with Crippen LogP contribution in [0.4, 0.5) is 11.4 Å². The molecule has 0 saturated carbocycles. The van der Waals surface area contributed by atoms with E-state index in [4.69, 9.17) is 11.6 Å². The number of halogens is 1. The van der Waals surface area contributed by atoms with Gasteiger partial charge in [0, 0.05) is 22.5 Å². The van der Waals surface area contributed by atoms with E-state index >= 15 is 0 Å². The highest BCUT2D eigenvalue weighted by molar-refractivity contribution is 7.22. The molecule has 4 rings (SSSR count). The number of thiophene rings is 1. The third-order valence-corrected chi connectivity index (χ3v) is 5.88. The first-order chi connectivity index (χ1) is 13.0. The molecule has 2 aromatic heterocycles. The Morgan fingerprint density at radius 1 is 1.19 bits per heavy atom. The highest BCUT2D eigenvalue weighted by atomic mass is 35.5. The van der Waals surface area contributed by atoms with Crippen LogP contribution in [0.15, 0.2) is 48.5 Å². The largest absolute Gasteiger partial charge is 0.319 e. The Bertz CT molecular complexity index is 1240. The number of nitro benzene ring substituents is 1. The summed E-state index contributed by atoms with van der Waals surface area (Å²) < 4.78 is 0.379. The van der Waals surface area contributed by atoms with Crippen molar-refractivity contribution < 1.29 is 9.72 Å². The van der Waals surface area contributed by atoms with Crippen molar-refractivity contribution in [3.05, 3.63) is 74.2 Å². The van der Waals surface area contributed by atoms with Crippen LogP contribution in [0.2, 0.25) is 5.02 Å². The Morgan fingerprint density at radius 2 is 1.96 bits per heavy atom. The van der Waals surface area contributed by atoms with Gasteiger partial charge in [-0.05, 0) is 19.1 Å². The van der Waals surface area contributed by atoms with Crippen molar-refractivity contribution in [2.75, 3.05) is 5.32 Å². The molecule has 134 valence electrons. The third-order valence-electron chi connectivity index (χ3n) is 4.14. The quantitative estimate of drug-likeness (QED) is 0.361. The molecule has 1 N–H and O–H groups in total. The van der Waals surface area contributed by atoms with E-state index in [-0.39, 0.29) is 15.6 Å². The van der Waals surface area contributed by atoms with E-state index in [1.54, 1.807) is 18.2 Å². The summed E-state index contributed by atoms with van der Waals surface area (Å²) in [5, 5.41) is 15.7. The van der Waals surface area contributed by atoms with Crippen LogP contribution in [-0.4, -0.2) is 15.8 Å². The molecule has 0 bridgehead atoms. The molecule has 0 spiro atoms. The number of anilines is 1. The minimum Gasteiger partial charge on any atom is -0.319 e. The third kappa shape index (κ3) is 3.01. The SMILES string of the molecule is Cc1ccc2cccc(NC(=O)c3sc4c([N+](=O)[O-])cccc4c3Cl)c2n1. The molecule has 0 radical (unpaired) electrons. The molecule has 2 heterocycles. The van der Waals surface area contributed by atoms with Crippen molar-refractivity contribution in [1.82, 2.24) is 4.98 Å². The second kappa shape index (κ2) is 6.61. The number of carbonyl (C=O) groups excluding carboxylic acids is 1. The lowest BCUT2D eigenvalue weighted by molar-refractivity contribution is -0.382. The number of fused-ring (bicyclic) bond motifs is 2. The number of amides is 1. The number of non-ortho nitro benzene ring substituents is 1. The van der Waals surface area contributed by atoms with Crippen molar-refractivity contribution in [1.29, 1.82) is 0 Å². The monoisotopic (exact) mass is 397 g/mol. The first kappa shape index (κ1) is 17.4. The maximum absolute atomic E-state index is 12.8. The molecular weight excluding hydrogens is 386 g/mol. The molecule has 0 aliphatic carbocycles. The number of nitrogens with zero attached hydrogens (tertiary/aromatic N) is 2. The summed E-state index contributed by atoms with van der Waals surface area (Å²) in [5.74, 6) is -0.425. The molecule has 0 aliphatic rings. The first-order valence-corrected chi connectivity index (χ1v) is 9.18. The van der Waals surface area contributed by atoms with Crippen LogP contribution < -0.4 is 5.32 Å². The lowest BCUT2D eigenvalue weighted by atomic mass is 10.1. The Hall–Kier alpha value is -3.03. The zero-order valence-electron chi connectivity index (χ0n) is 14.0. The predicted octanol–water partition coefficient (Wildman–Crippen LogP) is 5.57.